The molecule has 4 N–H and O–H groups in total. The van der Waals surface area contributed by atoms with Crippen molar-refractivity contribution in [3.63, 3.8) is 0 Å². The van der Waals surface area contributed by atoms with E-state index in [1.165, 1.54) is 7.85 Å². The minimum atomic E-state index is -0.889. The van der Waals surface area contributed by atoms with Crippen molar-refractivity contribution in [2.24, 2.45) is 0 Å². The van der Waals surface area contributed by atoms with Gasteiger partial charge in [-0.1, -0.05) is 0 Å². The second kappa shape index (κ2) is 2.79. The van der Waals surface area contributed by atoms with Crippen LogP contribution in [0.25, 0.3) is 0 Å². The van der Waals surface area contributed by atoms with E-state index in [1.807, 2.05) is 0 Å². The first-order chi connectivity index (χ1) is 6.00. The van der Waals surface area contributed by atoms with Gasteiger partial charge in [0.25, 0.3) is 0 Å². The molecule has 1 rings (SSSR count). The molecular weight excluding hydrogens is 173 g/mol. The summed E-state index contributed by atoms with van der Waals surface area (Å²) in [7, 11) is 1.34. The molecule has 0 saturated carbocycles. The van der Waals surface area contributed by atoms with E-state index in [9.17, 15) is 0 Å². The Morgan fingerprint density at radius 3 is 1.85 bits per heavy atom. The van der Waals surface area contributed by atoms with E-state index in [0.717, 1.165) is 0 Å². The molecule has 0 radical (unpaired) electrons. The van der Waals surface area contributed by atoms with Crippen molar-refractivity contribution in [3.05, 3.63) is 5.56 Å². The van der Waals surface area contributed by atoms with Crippen molar-refractivity contribution >= 4 is 13.3 Å². The predicted molar refractivity (Wildman–Crippen MR) is 46.0 cm³/mol. The van der Waals surface area contributed by atoms with Gasteiger partial charge in [-0.25, -0.2) is 0 Å². The number of aromatic hydroxyl groups is 4. The Balaban J connectivity index is 3.69. The fourth-order valence-corrected chi connectivity index (χ4v) is 0.953. The van der Waals surface area contributed by atoms with Crippen molar-refractivity contribution in [1.29, 1.82) is 5.26 Å². The molecule has 0 bridgehead atoms. The molecule has 0 aliphatic carbocycles. The Kier molecular flexibility index (Phi) is 1.94. The van der Waals surface area contributed by atoms with Gasteiger partial charge >= 0.3 is 0 Å². The highest BCUT2D eigenvalue weighted by atomic mass is 16.3. The van der Waals surface area contributed by atoms with Crippen LogP contribution in [0, 0.1) is 11.3 Å². The van der Waals surface area contributed by atoms with Crippen LogP contribution in [0.2, 0.25) is 0 Å². The summed E-state index contributed by atoms with van der Waals surface area (Å²) in [6.07, 6.45) is 0. The zero-order chi connectivity index (χ0) is 10.2. The third kappa shape index (κ3) is 1.10. The van der Waals surface area contributed by atoms with Gasteiger partial charge in [0.2, 0.25) is 11.5 Å². The van der Waals surface area contributed by atoms with E-state index >= 15 is 0 Å². The van der Waals surface area contributed by atoms with E-state index < -0.39 is 23.0 Å². The number of benzene rings is 1. The number of nitrogens with zero attached hydrogens (tertiary/aromatic N) is 1. The molecule has 1 aromatic rings. The fourth-order valence-electron chi connectivity index (χ4n) is 0.953. The first-order valence-corrected chi connectivity index (χ1v) is 3.37. The van der Waals surface area contributed by atoms with Gasteiger partial charge in [0, 0.05) is 0 Å². The largest absolute Gasteiger partial charge is 0.505 e. The zero-order valence-electron chi connectivity index (χ0n) is 6.74. The molecule has 66 valence electrons. The molecule has 1 aromatic carbocycles. The average molecular weight is 179 g/mol. The van der Waals surface area contributed by atoms with E-state index in [2.05, 4.69) is 0 Å². The maximum Gasteiger partial charge on any atom is 0.205 e. The van der Waals surface area contributed by atoms with Crippen LogP contribution in [0.1, 0.15) is 5.56 Å². The second-order valence-corrected chi connectivity index (χ2v) is 2.51. The highest BCUT2D eigenvalue weighted by Gasteiger charge is 2.19. The number of phenolic OH excluding ortho intramolecular Hbond substituents is 4. The van der Waals surface area contributed by atoms with Gasteiger partial charge in [-0.05, 0) is 5.46 Å². The maximum absolute atomic E-state index is 9.15. The van der Waals surface area contributed by atoms with Crippen LogP contribution in [-0.2, 0) is 0 Å². The van der Waals surface area contributed by atoms with Crippen LogP contribution in [0.15, 0.2) is 0 Å². The quantitative estimate of drug-likeness (QED) is 0.223. The molecule has 13 heavy (non-hydrogen) atoms. The molecule has 0 saturated heterocycles. The number of rotatable bonds is 0. The van der Waals surface area contributed by atoms with Crippen LogP contribution in [0.3, 0.4) is 0 Å². The lowest BCUT2D eigenvalue weighted by Gasteiger charge is -2.08. The summed E-state index contributed by atoms with van der Waals surface area (Å²) < 4.78 is 0. The Morgan fingerprint density at radius 1 is 0.923 bits per heavy atom. The van der Waals surface area contributed by atoms with Crippen molar-refractivity contribution in [2.75, 3.05) is 0 Å². The zero-order valence-corrected chi connectivity index (χ0v) is 6.74. The number of phenols is 4. The molecule has 0 fully saturated rings. The summed E-state index contributed by atoms with van der Waals surface area (Å²) >= 11 is 0. The van der Waals surface area contributed by atoms with Gasteiger partial charge in [-0.3, -0.25) is 0 Å². The lowest BCUT2D eigenvalue weighted by atomic mass is 9.88. The van der Waals surface area contributed by atoms with Crippen LogP contribution >= 0.6 is 0 Å². The number of hydrogen-bond donors (Lipinski definition) is 4. The SMILES string of the molecule is Bc1c(O)c(O)c(O)c(O)c1C#N. The molecule has 0 aromatic heterocycles. The summed E-state index contributed by atoms with van der Waals surface area (Å²) in [5.41, 5.74) is -0.233. The summed E-state index contributed by atoms with van der Waals surface area (Å²) in [4.78, 5) is 0. The first kappa shape index (κ1) is 9.07. The average Bonchev–Trinajstić information content (AvgIpc) is 2.13. The third-order valence-electron chi connectivity index (χ3n) is 1.75. The molecule has 5 nitrogen and oxygen atoms in total. The lowest BCUT2D eigenvalue weighted by molar-refractivity contribution is 0.347. The van der Waals surface area contributed by atoms with E-state index in [0.29, 0.717) is 0 Å². The number of nitriles is 1. The normalized spacial score (nSPS) is 9.46. The Labute approximate surface area is 74.5 Å². The van der Waals surface area contributed by atoms with Crippen LogP contribution in [0.4, 0.5) is 0 Å². The van der Waals surface area contributed by atoms with Gasteiger partial charge in [0.05, 0.1) is 5.56 Å². The Hall–Kier alpha value is -2.03. The van der Waals surface area contributed by atoms with Crippen molar-refractivity contribution in [1.82, 2.24) is 0 Å². The smallest absolute Gasteiger partial charge is 0.205 e. The Morgan fingerprint density at radius 2 is 1.38 bits per heavy atom. The van der Waals surface area contributed by atoms with E-state index in [4.69, 9.17) is 25.7 Å². The Bertz CT molecular complexity index is 381. The van der Waals surface area contributed by atoms with Gasteiger partial charge in [0.1, 0.15) is 13.9 Å². The van der Waals surface area contributed by atoms with E-state index in [-0.39, 0.29) is 11.0 Å². The minimum absolute atomic E-state index is 0.0234. The topological polar surface area (TPSA) is 105 Å². The first-order valence-electron chi connectivity index (χ1n) is 3.37. The van der Waals surface area contributed by atoms with Crippen LogP contribution < -0.4 is 5.46 Å². The molecule has 0 aliphatic rings. The maximum atomic E-state index is 9.15. The standard InChI is InChI=1S/C7H6BNO4/c8-3-2(1-9)4(10)6(12)7(13)5(3)11/h10-13H,8H2. The lowest BCUT2D eigenvalue weighted by Crippen LogP contribution is -2.08. The van der Waals surface area contributed by atoms with Crippen molar-refractivity contribution in [2.45, 2.75) is 0 Å². The molecule has 0 unspecified atom stereocenters. The van der Waals surface area contributed by atoms with Crippen LogP contribution in [-0.4, -0.2) is 28.3 Å². The predicted octanol–water partition coefficient (Wildman–Crippen LogP) is -1.36. The van der Waals surface area contributed by atoms with Gasteiger partial charge < -0.3 is 20.4 Å². The molecule has 0 atom stereocenters. The van der Waals surface area contributed by atoms with Crippen LogP contribution in [0.5, 0.6) is 23.0 Å². The molecule has 6 heteroatoms. The summed E-state index contributed by atoms with van der Waals surface area (Å²) in [6.45, 7) is 0. The van der Waals surface area contributed by atoms with Gasteiger partial charge in [-0.2, -0.15) is 5.26 Å². The van der Waals surface area contributed by atoms with Gasteiger partial charge in [-0.15, -0.1) is 0 Å². The highest BCUT2D eigenvalue weighted by Crippen LogP contribution is 2.41. The molecule has 0 aliphatic heterocycles. The minimum Gasteiger partial charge on any atom is -0.505 e. The monoisotopic (exact) mass is 179 g/mol. The fraction of sp³-hybridized carbons (Fsp3) is 0. The summed E-state index contributed by atoms with van der Waals surface area (Å²) in [5.74, 6) is -3.05. The molecule has 0 spiro atoms. The van der Waals surface area contributed by atoms with Gasteiger partial charge in [0.15, 0.2) is 11.5 Å². The second-order valence-electron chi connectivity index (χ2n) is 2.51. The highest BCUT2D eigenvalue weighted by molar-refractivity contribution is 6.36. The molecule has 0 amide bonds. The number of hydrogen-bond acceptors (Lipinski definition) is 5. The summed E-state index contributed by atoms with van der Waals surface area (Å²) in [6, 6.07) is 1.59. The third-order valence-corrected chi connectivity index (χ3v) is 1.75. The molecule has 0 heterocycles. The van der Waals surface area contributed by atoms with Crippen molar-refractivity contribution in [3.8, 4) is 29.1 Å². The van der Waals surface area contributed by atoms with Crippen molar-refractivity contribution < 1.29 is 20.4 Å². The van der Waals surface area contributed by atoms with E-state index in [1.54, 1.807) is 6.07 Å². The summed E-state index contributed by atoms with van der Waals surface area (Å²) in [5, 5.41) is 44.8. The molecular formula is C7H6BNO4.